The van der Waals surface area contributed by atoms with E-state index in [2.05, 4.69) is 77.6 Å². The third-order valence-electron chi connectivity index (χ3n) is 6.13. The number of nitrogens with one attached hydrogen (secondary N) is 2. The Morgan fingerprint density at radius 2 is 1.50 bits per heavy atom. The van der Waals surface area contributed by atoms with E-state index in [9.17, 15) is 0 Å². The van der Waals surface area contributed by atoms with Crippen molar-refractivity contribution < 1.29 is 0 Å². The molecule has 6 nitrogen and oxygen atoms in total. The van der Waals surface area contributed by atoms with Crippen LogP contribution in [0.4, 0.5) is 0 Å². The van der Waals surface area contributed by atoms with Crippen LogP contribution >= 0.6 is 0 Å². The molecule has 1 aromatic heterocycles. The van der Waals surface area contributed by atoms with E-state index >= 15 is 0 Å². The van der Waals surface area contributed by atoms with Gasteiger partial charge < -0.3 is 15.2 Å². The minimum Gasteiger partial charge on any atom is -0.355 e. The predicted octanol–water partition coefficient (Wildman–Crippen LogP) is 4.62. The van der Waals surface area contributed by atoms with Gasteiger partial charge in [0.05, 0.1) is 39.8 Å². The molecule has 156 valence electrons. The third kappa shape index (κ3) is 2.92. The molecule has 0 unspecified atom stereocenters. The van der Waals surface area contributed by atoms with Crippen LogP contribution in [0.2, 0.25) is 0 Å². The Kier molecular flexibility index (Phi) is 4.01. The minimum atomic E-state index is 0.882. The van der Waals surface area contributed by atoms with Crippen LogP contribution in [-0.2, 0) is 0 Å². The molecule has 32 heavy (non-hydrogen) atoms. The molecule has 6 heterocycles. The number of aromatic amines is 1. The molecule has 5 aliphatic heterocycles. The lowest BCUT2D eigenvalue weighted by Crippen LogP contribution is -2.23. The number of H-pyrrole nitrogens is 1. The van der Waals surface area contributed by atoms with Crippen molar-refractivity contribution in [3.8, 4) is 0 Å². The average Bonchev–Trinajstić information content (AvgIpc) is 3.60. The predicted molar refractivity (Wildman–Crippen MR) is 131 cm³/mol. The van der Waals surface area contributed by atoms with Crippen molar-refractivity contribution in [2.45, 2.75) is 13.8 Å². The lowest BCUT2D eigenvalue weighted by Gasteiger charge is -2.17. The second kappa shape index (κ2) is 6.92. The number of hydrogen-bond donors (Lipinski definition) is 2. The number of allylic oxidation sites excluding steroid dienone is 9. The number of fused-ring (bicyclic) bond motifs is 5. The first-order valence-electron chi connectivity index (χ1n) is 10.6. The molecule has 0 saturated heterocycles. The molecule has 0 aliphatic carbocycles. The lowest BCUT2D eigenvalue weighted by atomic mass is 10.0. The van der Waals surface area contributed by atoms with Gasteiger partial charge in [-0.15, -0.1) is 0 Å². The monoisotopic (exact) mass is 418 g/mol. The van der Waals surface area contributed by atoms with Gasteiger partial charge in [0, 0.05) is 36.4 Å². The van der Waals surface area contributed by atoms with Crippen LogP contribution in [-0.4, -0.2) is 34.1 Å². The maximum atomic E-state index is 5.00. The van der Waals surface area contributed by atoms with E-state index in [-0.39, 0.29) is 0 Å². The van der Waals surface area contributed by atoms with Crippen molar-refractivity contribution in [3.05, 3.63) is 106 Å². The molecule has 1 aromatic rings. The summed E-state index contributed by atoms with van der Waals surface area (Å²) >= 11 is 0. The van der Waals surface area contributed by atoms with Crippen LogP contribution in [0.3, 0.4) is 0 Å². The molecule has 0 fully saturated rings. The summed E-state index contributed by atoms with van der Waals surface area (Å²) in [5.74, 6) is 0.959. The first-order chi connectivity index (χ1) is 15.6. The van der Waals surface area contributed by atoms with E-state index in [1.54, 1.807) is 0 Å². The van der Waals surface area contributed by atoms with Gasteiger partial charge in [0.15, 0.2) is 0 Å². The SMILES string of the molecule is CC1=C2C=CC(=N2)/C(=C2/NC=CN2C)C2=NC(=C(C)c3ccc([nH]3)C=C3C=CC1=N3)C=C2. The number of nitrogens with zero attached hydrogens (tertiary/aromatic N) is 4. The number of aliphatic imine (C=N–C) groups is 3. The van der Waals surface area contributed by atoms with Crippen molar-refractivity contribution in [1.82, 2.24) is 15.2 Å². The molecule has 5 aliphatic rings. The second-order valence-corrected chi connectivity index (χ2v) is 8.20. The summed E-state index contributed by atoms with van der Waals surface area (Å²) in [6.07, 6.45) is 18.3. The van der Waals surface area contributed by atoms with Crippen LogP contribution in [0.25, 0.3) is 11.6 Å². The summed E-state index contributed by atoms with van der Waals surface area (Å²) in [6.45, 7) is 4.16. The van der Waals surface area contributed by atoms with Crippen molar-refractivity contribution in [1.29, 1.82) is 0 Å². The molecular weight excluding hydrogens is 396 g/mol. The van der Waals surface area contributed by atoms with Gasteiger partial charge in [0.2, 0.25) is 0 Å². The topological polar surface area (TPSA) is 68.1 Å². The summed E-state index contributed by atoms with van der Waals surface area (Å²) in [6, 6.07) is 4.17. The molecule has 0 aromatic carbocycles. The van der Waals surface area contributed by atoms with Gasteiger partial charge in [0.1, 0.15) is 5.82 Å². The number of hydrogen-bond acceptors (Lipinski definition) is 5. The van der Waals surface area contributed by atoms with Gasteiger partial charge >= 0.3 is 0 Å². The van der Waals surface area contributed by atoms with Gasteiger partial charge in [-0.25, -0.2) is 15.0 Å². The van der Waals surface area contributed by atoms with Crippen LogP contribution in [0.15, 0.2) is 110 Å². The van der Waals surface area contributed by atoms with E-state index < -0.39 is 0 Å². The zero-order valence-electron chi connectivity index (χ0n) is 18.1. The normalized spacial score (nSPS) is 23.3. The van der Waals surface area contributed by atoms with Gasteiger partial charge in [-0.05, 0) is 74.1 Å². The highest BCUT2D eigenvalue weighted by Crippen LogP contribution is 2.30. The van der Waals surface area contributed by atoms with E-state index in [0.29, 0.717) is 0 Å². The number of aromatic nitrogens is 1. The smallest absolute Gasteiger partial charge is 0.121 e. The van der Waals surface area contributed by atoms with Crippen LogP contribution < -0.4 is 5.32 Å². The van der Waals surface area contributed by atoms with Crippen molar-refractivity contribution in [2.24, 2.45) is 15.0 Å². The van der Waals surface area contributed by atoms with Crippen LogP contribution in [0.5, 0.6) is 0 Å². The molecule has 8 bridgehead atoms. The lowest BCUT2D eigenvalue weighted by molar-refractivity contribution is 0.568. The molecule has 0 radical (unpaired) electrons. The van der Waals surface area contributed by atoms with Crippen molar-refractivity contribution in [3.63, 3.8) is 0 Å². The zero-order valence-corrected chi connectivity index (χ0v) is 18.1. The Bertz CT molecular complexity index is 1410. The maximum absolute atomic E-state index is 5.00. The molecule has 0 amide bonds. The molecule has 0 atom stereocenters. The Labute approximate surface area is 186 Å². The standard InChI is InChI=1S/C26H22N6/c1-15-19-6-4-17(28-19)14-18-5-7-20(29-18)16(2)22-9-11-24(31-22)25(23-10-8-21(15)30-23)26-27-12-13-32(26)3/h4-14,27-28H,1-3H3/b18-14?,21-15?,22-16?,26-25-. The Hall–Kier alpha value is -4.19. The first-order valence-corrected chi connectivity index (χ1v) is 10.6. The summed E-state index contributed by atoms with van der Waals surface area (Å²) in [5.41, 5.74) is 10.6. The molecular formula is C26H22N6. The molecule has 0 spiro atoms. The summed E-state index contributed by atoms with van der Waals surface area (Å²) < 4.78 is 0. The zero-order chi connectivity index (χ0) is 21.8. The highest BCUT2D eigenvalue weighted by molar-refractivity contribution is 6.33. The highest BCUT2D eigenvalue weighted by atomic mass is 15.3. The second-order valence-electron chi connectivity index (χ2n) is 8.20. The van der Waals surface area contributed by atoms with Gasteiger partial charge in [-0.2, -0.15) is 0 Å². The van der Waals surface area contributed by atoms with Gasteiger partial charge in [-0.1, -0.05) is 0 Å². The van der Waals surface area contributed by atoms with Crippen molar-refractivity contribution in [2.75, 3.05) is 7.05 Å². The first kappa shape index (κ1) is 18.6. The van der Waals surface area contributed by atoms with E-state index in [1.807, 2.05) is 25.5 Å². The number of rotatable bonds is 0. The van der Waals surface area contributed by atoms with Gasteiger partial charge in [-0.3, -0.25) is 0 Å². The third-order valence-corrected chi connectivity index (χ3v) is 6.13. The highest BCUT2D eigenvalue weighted by Gasteiger charge is 2.26. The van der Waals surface area contributed by atoms with E-state index in [1.165, 1.54) is 0 Å². The average molecular weight is 419 g/mol. The fraction of sp³-hybridized carbons (Fsp3) is 0.115. The summed E-state index contributed by atoms with van der Waals surface area (Å²) in [5, 5.41) is 3.36. The minimum absolute atomic E-state index is 0.882. The fourth-order valence-corrected chi connectivity index (χ4v) is 4.26. The molecule has 0 saturated carbocycles. The van der Waals surface area contributed by atoms with E-state index in [0.717, 1.165) is 68.2 Å². The van der Waals surface area contributed by atoms with E-state index in [4.69, 9.17) is 15.0 Å². The van der Waals surface area contributed by atoms with Crippen LogP contribution in [0, 0.1) is 0 Å². The Balaban J connectivity index is 1.61. The summed E-state index contributed by atoms with van der Waals surface area (Å²) in [7, 11) is 2.02. The van der Waals surface area contributed by atoms with Crippen molar-refractivity contribution >= 4 is 28.8 Å². The summed E-state index contributed by atoms with van der Waals surface area (Å²) in [4.78, 5) is 20.4. The Morgan fingerprint density at radius 3 is 2.22 bits per heavy atom. The molecule has 6 rings (SSSR count). The maximum Gasteiger partial charge on any atom is 0.121 e. The Morgan fingerprint density at radius 1 is 0.781 bits per heavy atom. The largest absolute Gasteiger partial charge is 0.355 e. The quantitative estimate of drug-likeness (QED) is 0.645. The fourth-order valence-electron chi connectivity index (χ4n) is 4.26. The molecule has 6 heteroatoms. The van der Waals surface area contributed by atoms with Gasteiger partial charge in [0.25, 0.3) is 0 Å². The molecule has 2 N–H and O–H groups in total. The van der Waals surface area contributed by atoms with Crippen LogP contribution in [0.1, 0.15) is 25.2 Å².